The van der Waals surface area contributed by atoms with Crippen molar-refractivity contribution < 1.29 is 14.3 Å². The highest BCUT2D eigenvalue weighted by molar-refractivity contribution is 7.10. The average Bonchev–Trinajstić information content (AvgIpc) is 3.35. The van der Waals surface area contributed by atoms with Crippen molar-refractivity contribution in [1.29, 1.82) is 0 Å². The lowest BCUT2D eigenvalue weighted by Gasteiger charge is -2.26. The number of fused-ring (bicyclic) bond motifs is 1. The summed E-state index contributed by atoms with van der Waals surface area (Å²) in [5.74, 6) is 0.314. The van der Waals surface area contributed by atoms with E-state index in [2.05, 4.69) is 5.32 Å². The minimum absolute atomic E-state index is 0.0423. The van der Waals surface area contributed by atoms with E-state index >= 15 is 0 Å². The van der Waals surface area contributed by atoms with E-state index in [0.717, 1.165) is 10.4 Å². The van der Waals surface area contributed by atoms with E-state index in [1.165, 1.54) is 7.11 Å². The molecule has 0 spiro atoms. The van der Waals surface area contributed by atoms with Crippen molar-refractivity contribution in [2.24, 2.45) is 0 Å². The van der Waals surface area contributed by atoms with Gasteiger partial charge in [-0.2, -0.15) is 0 Å². The van der Waals surface area contributed by atoms with E-state index in [0.29, 0.717) is 28.6 Å². The van der Waals surface area contributed by atoms with Crippen LogP contribution in [-0.2, 0) is 11.3 Å². The number of halogens is 1. The normalized spacial score (nSPS) is 13.9. The minimum Gasteiger partial charge on any atom is -0.495 e. The van der Waals surface area contributed by atoms with Gasteiger partial charge in [-0.15, -0.1) is 11.3 Å². The van der Waals surface area contributed by atoms with E-state index in [4.69, 9.17) is 16.3 Å². The van der Waals surface area contributed by atoms with Crippen molar-refractivity contribution in [2.75, 3.05) is 12.4 Å². The third kappa shape index (κ3) is 3.99. The lowest BCUT2D eigenvalue weighted by molar-refractivity contribution is -0.117. The number of rotatable bonds is 6. The van der Waals surface area contributed by atoms with Crippen LogP contribution >= 0.6 is 22.9 Å². The first-order chi connectivity index (χ1) is 14.1. The Morgan fingerprint density at radius 3 is 2.76 bits per heavy atom. The zero-order valence-corrected chi connectivity index (χ0v) is 17.3. The van der Waals surface area contributed by atoms with Gasteiger partial charge in [0.25, 0.3) is 5.91 Å². The van der Waals surface area contributed by atoms with Crippen LogP contribution in [0.4, 0.5) is 5.69 Å². The molecular formula is C22H19ClN2O3S. The summed E-state index contributed by atoms with van der Waals surface area (Å²) in [5, 5.41) is 5.25. The van der Waals surface area contributed by atoms with Crippen LogP contribution in [0.15, 0.2) is 60.0 Å². The number of carbonyl (C=O) groups is 2. The molecule has 3 aromatic rings. The summed E-state index contributed by atoms with van der Waals surface area (Å²) in [6, 6.07) is 16.2. The first kappa shape index (κ1) is 19.5. The van der Waals surface area contributed by atoms with E-state index in [-0.39, 0.29) is 24.3 Å². The van der Waals surface area contributed by atoms with Gasteiger partial charge in [-0.3, -0.25) is 9.59 Å². The maximum Gasteiger partial charge on any atom is 0.255 e. The molecule has 2 amide bonds. The van der Waals surface area contributed by atoms with E-state index in [9.17, 15) is 9.59 Å². The third-order valence-electron chi connectivity index (χ3n) is 4.91. The maximum absolute atomic E-state index is 13.0. The number of thiophene rings is 1. The van der Waals surface area contributed by atoms with E-state index in [1.807, 2.05) is 41.8 Å². The molecule has 0 unspecified atom stereocenters. The summed E-state index contributed by atoms with van der Waals surface area (Å²) in [4.78, 5) is 28.5. The molecule has 0 saturated heterocycles. The lowest BCUT2D eigenvalue weighted by atomic mass is 10.1. The van der Waals surface area contributed by atoms with Gasteiger partial charge in [-0.1, -0.05) is 35.9 Å². The molecule has 2 heterocycles. The molecule has 0 radical (unpaired) electrons. The molecule has 0 saturated carbocycles. The summed E-state index contributed by atoms with van der Waals surface area (Å²) < 4.78 is 5.14. The highest BCUT2D eigenvalue weighted by Gasteiger charge is 2.34. The number of hydrogen-bond acceptors (Lipinski definition) is 4. The quantitative estimate of drug-likeness (QED) is 0.594. The van der Waals surface area contributed by atoms with Gasteiger partial charge < -0.3 is 15.0 Å². The fourth-order valence-corrected chi connectivity index (χ4v) is 4.60. The van der Waals surface area contributed by atoms with Crippen LogP contribution in [0, 0.1) is 0 Å². The van der Waals surface area contributed by atoms with Gasteiger partial charge in [0.15, 0.2) is 0 Å². The predicted molar refractivity (Wildman–Crippen MR) is 115 cm³/mol. The van der Waals surface area contributed by atoms with Gasteiger partial charge in [0.05, 0.1) is 24.6 Å². The summed E-state index contributed by atoms with van der Waals surface area (Å²) in [6.45, 7) is 0.499. The second kappa shape index (κ2) is 8.27. The third-order valence-corrected chi connectivity index (χ3v) is 6.18. The number of hydrogen-bond donors (Lipinski definition) is 1. The number of benzene rings is 2. The zero-order valence-electron chi connectivity index (χ0n) is 15.7. The molecule has 148 valence electrons. The summed E-state index contributed by atoms with van der Waals surface area (Å²) in [7, 11) is 1.54. The standard InChI is InChI=1S/C22H19ClN2O3S/c1-28-19-9-8-15(11-17(19)23)24-21(26)12-18(20-7-4-10-29-20)25-13-14-5-2-3-6-16(14)22(25)27/h2-11,18H,12-13H2,1H3,(H,24,26)/t18-/m0/s1. The minimum atomic E-state index is -0.330. The molecule has 0 aliphatic carbocycles. The van der Waals surface area contributed by atoms with Gasteiger partial charge in [0.2, 0.25) is 5.91 Å². The Morgan fingerprint density at radius 2 is 2.07 bits per heavy atom. The van der Waals surface area contributed by atoms with Gasteiger partial charge in [0, 0.05) is 22.7 Å². The number of methoxy groups -OCH3 is 1. The van der Waals surface area contributed by atoms with Crippen molar-refractivity contribution in [1.82, 2.24) is 4.90 Å². The molecule has 0 bridgehead atoms. The van der Waals surface area contributed by atoms with Crippen molar-refractivity contribution in [3.63, 3.8) is 0 Å². The number of ether oxygens (including phenoxy) is 1. The highest BCUT2D eigenvalue weighted by atomic mass is 35.5. The Bertz CT molecular complexity index is 1050. The molecule has 2 aromatic carbocycles. The van der Waals surface area contributed by atoms with Crippen LogP contribution in [0.2, 0.25) is 5.02 Å². The second-order valence-corrected chi connectivity index (χ2v) is 8.11. The molecule has 1 N–H and O–H groups in total. The van der Waals surface area contributed by atoms with Crippen LogP contribution in [-0.4, -0.2) is 23.8 Å². The lowest BCUT2D eigenvalue weighted by Crippen LogP contribution is -2.31. The van der Waals surface area contributed by atoms with Gasteiger partial charge in [-0.05, 0) is 41.3 Å². The topological polar surface area (TPSA) is 58.6 Å². The van der Waals surface area contributed by atoms with Gasteiger partial charge in [0.1, 0.15) is 5.75 Å². The highest BCUT2D eigenvalue weighted by Crippen LogP contribution is 2.36. The first-order valence-electron chi connectivity index (χ1n) is 9.12. The first-order valence-corrected chi connectivity index (χ1v) is 10.4. The number of anilines is 1. The predicted octanol–water partition coefficient (Wildman–Crippen LogP) is 5.14. The maximum atomic E-state index is 13.0. The molecule has 7 heteroatoms. The Kier molecular flexibility index (Phi) is 5.56. The molecule has 29 heavy (non-hydrogen) atoms. The molecule has 5 nitrogen and oxygen atoms in total. The van der Waals surface area contributed by atoms with Crippen molar-refractivity contribution in [3.8, 4) is 5.75 Å². The Balaban J connectivity index is 1.54. The van der Waals surface area contributed by atoms with Crippen LogP contribution in [0.5, 0.6) is 5.75 Å². The Hall–Kier alpha value is -2.83. The van der Waals surface area contributed by atoms with Gasteiger partial charge in [-0.25, -0.2) is 0 Å². The SMILES string of the molecule is COc1ccc(NC(=O)C[C@@H](c2cccs2)N2Cc3ccccc3C2=O)cc1Cl. The Labute approximate surface area is 177 Å². The van der Waals surface area contributed by atoms with Crippen LogP contribution in [0.3, 0.4) is 0 Å². The number of nitrogens with zero attached hydrogens (tertiary/aromatic N) is 1. The van der Waals surface area contributed by atoms with Crippen molar-refractivity contribution in [3.05, 3.63) is 81.0 Å². The molecule has 1 aliphatic rings. The number of carbonyl (C=O) groups excluding carboxylic acids is 2. The summed E-state index contributed by atoms with van der Waals surface area (Å²) >= 11 is 7.69. The van der Waals surface area contributed by atoms with Crippen molar-refractivity contribution >= 4 is 40.4 Å². The fourth-order valence-electron chi connectivity index (χ4n) is 3.51. The smallest absolute Gasteiger partial charge is 0.255 e. The van der Waals surface area contributed by atoms with Gasteiger partial charge >= 0.3 is 0 Å². The molecule has 1 aromatic heterocycles. The molecule has 0 fully saturated rings. The van der Waals surface area contributed by atoms with Crippen LogP contribution < -0.4 is 10.1 Å². The average molecular weight is 427 g/mol. The number of amides is 2. The Morgan fingerprint density at radius 1 is 1.24 bits per heavy atom. The summed E-state index contributed by atoms with van der Waals surface area (Å²) in [6.07, 6.45) is 0.157. The van der Waals surface area contributed by atoms with Crippen molar-refractivity contribution in [2.45, 2.75) is 19.0 Å². The second-order valence-electron chi connectivity index (χ2n) is 6.72. The van der Waals surface area contributed by atoms with E-state index < -0.39 is 0 Å². The number of nitrogens with one attached hydrogen (secondary N) is 1. The fraction of sp³-hybridized carbons (Fsp3) is 0.182. The largest absolute Gasteiger partial charge is 0.495 e. The molecule has 4 rings (SSSR count). The van der Waals surface area contributed by atoms with Crippen LogP contribution in [0.1, 0.15) is 33.3 Å². The van der Waals surface area contributed by atoms with Crippen LogP contribution in [0.25, 0.3) is 0 Å². The monoisotopic (exact) mass is 426 g/mol. The zero-order chi connectivity index (χ0) is 20.4. The molecular weight excluding hydrogens is 408 g/mol. The van der Waals surface area contributed by atoms with E-state index in [1.54, 1.807) is 34.4 Å². The molecule has 1 aliphatic heterocycles. The molecule has 1 atom stereocenters. The summed E-state index contributed by atoms with van der Waals surface area (Å²) in [5.41, 5.74) is 2.28.